The lowest BCUT2D eigenvalue weighted by molar-refractivity contribution is 0.277. The highest BCUT2D eigenvalue weighted by Crippen LogP contribution is 2.22. The number of benzene rings is 2. The highest BCUT2D eigenvalue weighted by atomic mass is 79.9. The highest BCUT2D eigenvalue weighted by Gasteiger charge is 2.12. The van der Waals surface area contributed by atoms with Crippen LogP contribution in [0.4, 0.5) is 0 Å². The molecule has 0 aliphatic carbocycles. The van der Waals surface area contributed by atoms with Crippen LogP contribution in [0.3, 0.4) is 0 Å². The standard InChI is InChI=1S/C18H18BrN3O2/c1-22(11-14-5-3-4-6-16(14)23-2)12-17-20-21-18(24-17)13-7-9-15(19)10-8-13/h3-10H,11-12H2,1-2H3. The summed E-state index contributed by atoms with van der Waals surface area (Å²) in [6.45, 7) is 1.31. The lowest BCUT2D eigenvalue weighted by Crippen LogP contribution is -2.17. The largest absolute Gasteiger partial charge is 0.496 e. The van der Waals surface area contributed by atoms with Crippen molar-refractivity contribution < 1.29 is 9.15 Å². The summed E-state index contributed by atoms with van der Waals surface area (Å²) in [6, 6.07) is 15.8. The van der Waals surface area contributed by atoms with Crippen LogP contribution < -0.4 is 4.74 Å². The van der Waals surface area contributed by atoms with Gasteiger partial charge in [0, 0.05) is 22.1 Å². The Bertz CT molecular complexity index is 802. The fourth-order valence-electron chi connectivity index (χ4n) is 2.44. The van der Waals surface area contributed by atoms with Crippen LogP contribution in [0.25, 0.3) is 11.5 Å². The summed E-state index contributed by atoms with van der Waals surface area (Å²) in [5.41, 5.74) is 2.03. The number of rotatable bonds is 6. The highest BCUT2D eigenvalue weighted by molar-refractivity contribution is 9.10. The molecule has 124 valence electrons. The van der Waals surface area contributed by atoms with Crippen LogP contribution in [0.15, 0.2) is 57.4 Å². The molecule has 0 radical (unpaired) electrons. The molecule has 3 rings (SSSR count). The van der Waals surface area contributed by atoms with Gasteiger partial charge in [0.25, 0.3) is 0 Å². The van der Waals surface area contributed by atoms with E-state index in [4.69, 9.17) is 9.15 Å². The first-order chi connectivity index (χ1) is 11.7. The smallest absolute Gasteiger partial charge is 0.247 e. The van der Waals surface area contributed by atoms with Gasteiger partial charge in [-0.15, -0.1) is 10.2 Å². The van der Waals surface area contributed by atoms with E-state index >= 15 is 0 Å². The minimum Gasteiger partial charge on any atom is -0.496 e. The van der Waals surface area contributed by atoms with Gasteiger partial charge in [-0.25, -0.2) is 0 Å². The normalized spacial score (nSPS) is 11.0. The summed E-state index contributed by atoms with van der Waals surface area (Å²) in [7, 11) is 3.69. The molecule has 0 unspecified atom stereocenters. The minimum atomic E-state index is 0.531. The van der Waals surface area contributed by atoms with E-state index in [1.54, 1.807) is 7.11 Å². The Balaban J connectivity index is 1.67. The molecule has 0 aliphatic heterocycles. The molecule has 0 atom stereocenters. The molecule has 0 aliphatic rings. The van der Waals surface area contributed by atoms with E-state index in [1.807, 2.05) is 49.5 Å². The molecule has 0 fully saturated rings. The Morgan fingerprint density at radius 2 is 1.79 bits per heavy atom. The van der Waals surface area contributed by atoms with Crippen molar-refractivity contribution in [3.63, 3.8) is 0 Å². The summed E-state index contributed by atoms with van der Waals surface area (Å²) >= 11 is 3.42. The van der Waals surface area contributed by atoms with Crippen LogP contribution in [-0.2, 0) is 13.1 Å². The van der Waals surface area contributed by atoms with Gasteiger partial charge in [-0.3, -0.25) is 4.90 Å². The zero-order valence-corrected chi connectivity index (χ0v) is 15.2. The maximum atomic E-state index is 5.76. The zero-order chi connectivity index (χ0) is 16.9. The molecular weight excluding hydrogens is 370 g/mol. The van der Waals surface area contributed by atoms with Crippen molar-refractivity contribution in [1.29, 1.82) is 0 Å². The molecule has 24 heavy (non-hydrogen) atoms. The SMILES string of the molecule is COc1ccccc1CN(C)Cc1nnc(-c2ccc(Br)cc2)o1. The van der Waals surface area contributed by atoms with E-state index in [0.29, 0.717) is 18.3 Å². The number of nitrogens with zero attached hydrogens (tertiary/aromatic N) is 3. The molecule has 0 N–H and O–H groups in total. The van der Waals surface area contributed by atoms with Crippen LogP contribution >= 0.6 is 15.9 Å². The Labute approximate surface area is 149 Å². The summed E-state index contributed by atoms with van der Waals surface area (Å²) in [5, 5.41) is 8.26. The molecule has 0 saturated heterocycles. The van der Waals surface area contributed by atoms with Crippen molar-refractivity contribution in [3.05, 3.63) is 64.5 Å². The third-order valence-corrected chi connectivity index (χ3v) is 4.12. The van der Waals surface area contributed by atoms with Crippen LogP contribution in [0.2, 0.25) is 0 Å². The average molecular weight is 388 g/mol. The number of ether oxygens (including phenoxy) is 1. The fourth-order valence-corrected chi connectivity index (χ4v) is 2.70. The second-order valence-electron chi connectivity index (χ2n) is 5.49. The van der Waals surface area contributed by atoms with Gasteiger partial charge < -0.3 is 9.15 Å². The number of hydrogen-bond acceptors (Lipinski definition) is 5. The maximum Gasteiger partial charge on any atom is 0.247 e. The van der Waals surface area contributed by atoms with E-state index in [0.717, 1.165) is 27.9 Å². The molecular formula is C18H18BrN3O2. The molecule has 0 bridgehead atoms. The molecule has 5 nitrogen and oxygen atoms in total. The first kappa shape index (κ1) is 16.7. The summed E-state index contributed by atoms with van der Waals surface area (Å²) in [4.78, 5) is 2.11. The third kappa shape index (κ3) is 4.01. The number of halogens is 1. The van der Waals surface area contributed by atoms with E-state index in [9.17, 15) is 0 Å². The van der Waals surface area contributed by atoms with Crippen molar-refractivity contribution in [3.8, 4) is 17.2 Å². The number of aromatic nitrogens is 2. The van der Waals surface area contributed by atoms with Gasteiger partial charge in [0.1, 0.15) is 5.75 Å². The van der Waals surface area contributed by atoms with Gasteiger partial charge in [-0.05, 0) is 37.4 Å². The van der Waals surface area contributed by atoms with Gasteiger partial charge in [0.2, 0.25) is 11.8 Å². The van der Waals surface area contributed by atoms with Gasteiger partial charge >= 0.3 is 0 Å². The second kappa shape index (κ2) is 7.59. The van der Waals surface area contributed by atoms with Gasteiger partial charge in [0.15, 0.2) is 0 Å². The topological polar surface area (TPSA) is 51.4 Å². The summed E-state index contributed by atoms with van der Waals surface area (Å²) < 4.78 is 12.2. The Hall–Kier alpha value is -2.18. The quantitative estimate of drug-likeness (QED) is 0.635. The molecule has 3 aromatic rings. The third-order valence-electron chi connectivity index (χ3n) is 3.60. The lowest BCUT2D eigenvalue weighted by Gasteiger charge is -2.16. The Morgan fingerprint density at radius 3 is 2.54 bits per heavy atom. The second-order valence-corrected chi connectivity index (χ2v) is 6.41. The van der Waals surface area contributed by atoms with Crippen LogP contribution in [0, 0.1) is 0 Å². The number of para-hydroxylation sites is 1. The first-order valence-electron chi connectivity index (χ1n) is 7.54. The molecule has 1 aromatic heterocycles. The number of methoxy groups -OCH3 is 1. The molecule has 2 aromatic carbocycles. The van der Waals surface area contributed by atoms with Crippen LogP contribution in [0.5, 0.6) is 5.75 Å². The fraction of sp³-hybridized carbons (Fsp3) is 0.222. The number of hydrogen-bond donors (Lipinski definition) is 0. The van der Waals surface area contributed by atoms with Crippen molar-refractivity contribution in [2.24, 2.45) is 0 Å². The van der Waals surface area contributed by atoms with E-state index in [-0.39, 0.29) is 0 Å². The van der Waals surface area contributed by atoms with E-state index in [1.165, 1.54) is 0 Å². The minimum absolute atomic E-state index is 0.531. The summed E-state index contributed by atoms with van der Waals surface area (Å²) in [6.07, 6.45) is 0. The van der Waals surface area contributed by atoms with Crippen molar-refractivity contribution in [2.75, 3.05) is 14.2 Å². The monoisotopic (exact) mass is 387 g/mol. The van der Waals surface area contributed by atoms with Gasteiger partial charge in [-0.2, -0.15) is 0 Å². The van der Waals surface area contributed by atoms with E-state index < -0.39 is 0 Å². The van der Waals surface area contributed by atoms with Crippen molar-refractivity contribution >= 4 is 15.9 Å². The van der Waals surface area contributed by atoms with E-state index in [2.05, 4.69) is 37.1 Å². The average Bonchev–Trinajstić information content (AvgIpc) is 3.04. The maximum absolute atomic E-state index is 5.76. The Kier molecular flexibility index (Phi) is 5.27. The predicted molar refractivity (Wildman–Crippen MR) is 95.6 cm³/mol. The van der Waals surface area contributed by atoms with Crippen molar-refractivity contribution in [1.82, 2.24) is 15.1 Å². The van der Waals surface area contributed by atoms with Crippen LogP contribution in [0.1, 0.15) is 11.5 Å². The van der Waals surface area contributed by atoms with Gasteiger partial charge in [-0.1, -0.05) is 34.1 Å². The summed E-state index contributed by atoms with van der Waals surface area (Å²) in [5.74, 6) is 2.00. The Morgan fingerprint density at radius 1 is 1.04 bits per heavy atom. The first-order valence-corrected chi connectivity index (χ1v) is 8.34. The molecule has 6 heteroatoms. The van der Waals surface area contributed by atoms with Gasteiger partial charge in [0.05, 0.1) is 13.7 Å². The molecule has 0 spiro atoms. The van der Waals surface area contributed by atoms with Crippen molar-refractivity contribution in [2.45, 2.75) is 13.1 Å². The molecule has 0 amide bonds. The molecule has 1 heterocycles. The van der Waals surface area contributed by atoms with Crippen LogP contribution in [-0.4, -0.2) is 29.3 Å². The predicted octanol–water partition coefficient (Wildman–Crippen LogP) is 4.14. The lowest BCUT2D eigenvalue weighted by atomic mass is 10.2. The zero-order valence-electron chi connectivity index (χ0n) is 13.6. The molecule has 0 saturated carbocycles.